The lowest BCUT2D eigenvalue weighted by Crippen LogP contribution is -2.28. The predicted octanol–water partition coefficient (Wildman–Crippen LogP) is 0.254. The second-order valence-corrected chi connectivity index (χ2v) is 5.30. The highest BCUT2D eigenvalue weighted by molar-refractivity contribution is 9.09. The topological polar surface area (TPSA) is 72.5 Å². The molecule has 0 rings (SSSR count). The third-order valence-electron chi connectivity index (χ3n) is 1.44. The monoisotopic (exact) mass is 287 g/mol. The number of hydrogen-bond donors (Lipinski definition) is 1. The van der Waals surface area contributed by atoms with Gasteiger partial charge in [0.25, 0.3) is 0 Å². The van der Waals surface area contributed by atoms with E-state index in [-0.39, 0.29) is 24.6 Å². The number of ether oxygens (including phenoxy) is 1. The molecule has 0 aliphatic carbocycles. The van der Waals surface area contributed by atoms with Gasteiger partial charge in [-0.3, -0.25) is 4.79 Å². The summed E-state index contributed by atoms with van der Waals surface area (Å²) < 4.78 is 29.1. The van der Waals surface area contributed by atoms with Crippen molar-refractivity contribution < 1.29 is 17.9 Å². The number of alkyl halides is 1. The van der Waals surface area contributed by atoms with Gasteiger partial charge in [-0.1, -0.05) is 15.9 Å². The molecule has 0 bridgehead atoms. The zero-order valence-corrected chi connectivity index (χ0v) is 10.4. The van der Waals surface area contributed by atoms with Crippen LogP contribution in [0.2, 0.25) is 0 Å². The SMILES string of the molecule is COC(=O)CCCS(=O)(=O)NCCBr. The standard InChI is InChI=1S/C7H14BrNO4S/c1-13-7(10)3-2-6-14(11,12)9-5-4-8/h9H,2-6H2,1H3. The van der Waals surface area contributed by atoms with Crippen LogP contribution in [0, 0.1) is 0 Å². The van der Waals surface area contributed by atoms with E-state index in [1.807, 2.05) is 0 Å². The van der Waals surface area contributed by atoms with E-state index in [0.717, 1.165) is 0 Å². The van der Waals surface area contributed by atoms with Crippen molar-refractivity contribution in [1.82, 2.24) is 4.72 Å². The van der Waals surface area contributed by atoms with Crippen LogP contribution in [0.15, 0.2) is 0 Å². The summed E-state index contributed by atoms with van der Waals surface area (Å²) in [6.07, 6.45) is 0.413. The Hall–Kier alpha value is -0.140. The highest BCUT2D eigenvalue weighted by atomic mass is 79.9. The van der Waals surface area contributed by atoms with Crippen LogP contribution < -0.4 is 4.72 Å². The van der Waals surface area contributed by atoms with E-state index in [0.29, 0.717) is 11.9 Å². The van der Waals surface area contributed by atoms with Crippen molar-refractivity contribution in [1.29, 1.82) is 0 Å². The molecule has 0 saturated heterocycles. The average molecular weight is 288 g/mol. The highest BCUT2D eigenvalue weighted by Gasteiger charge is 2.10. The number of carbonyl (C=O) groups excluding carboxylic acids is 1. The third-order valence-corrected chi connectivity index (χ3v) is 3.30. The second kappa shape index (κ2) is 7.19. The molecular weight excluding hydrogens is 274 g/mol. The van der Waals surface area contributed by atoms with Crippen LogP contribution in [-0.4, -0.2) is 39.1 Å². The van der Waals surface area contributed by atoms with E-state index < -0.39 is 10.0 Å². The van der Waals surface area contributed by atoms with Gasteiger partial charge < -0.3 is 4.74 Å². The summed E-state index contributed by atoms with van der Waals surface area (Å²) >= 11 is 3.10. The highest BCUT2D eigenvalue weighted by Crippen LogP contribution is 1.96. The van der Waals surface area contributed by atoms with Gasteiger partial charge in [0.15, 0.2) is 0 Å². The summed E-state index contributed by atoms with van der Waals surface area (Å²) in [6.45, 7) is 0.362. The third kappa shape index (κ3) is 7.28. The summed E-state index contributed by atoms with van der Waals surface area (Å²) in [4.78, 5) is 10.7. The molecular formula is C7H14BrNO4S. The normalized spacial score (nSPS) is 11.3. The van der Waals surface area contributed by atoms with E-state index in [2.05, 4.69) is 25.4 Å². The van der Waals surface area contributed by atoms with E-state index in [9.17, 15) is 13.2 Å². The van der Waals surface area contributed by atoms with Gasteiger partial charge in [0.1, 0.15) is 0 Å². The van der Waals surface area contributed by atoms with Crippen LogP contribution >= 0.6 is 15.9 Å². The molecule has 7 heteroatoms. The molecule has 0 saturated carbocycles. The number of sulfonamides is 1. The molecule has 84 valence electrons. The lowest BCUT2D eigenvalue weighted by molar-refractivity contribution is -0.140. The van der Waals surface area contributed by atoms with Crippen molar-refractivity contribution in [2.45, 2.75) is 12.8 Å². The number of rotatable bonds is 7. The Balaban J connectivity index is 3.71. The lowest BCUT2D eigenvalue weighted by Gasteiger charge is -2.03. The van der Waals surface area contributed by atoms with Crippen molar-refractivity contribution in [3.63, 3.8) is 0 Å². The average Bonchev–Trinajstić information content (AvgIpc) is 2.14. The smallest absolute Gasteiger partial charge is 0.305 e. The minimum Gasteiger partial charge on any atom is -0.469 e. The minimum atomic E-state index is -3.24. The number of nitrogens with one attached hydrogen (secondary N) is 1. The fourth-order valence-corrected chi connectivity index (χ4v) is 2.32. The Morgan fingerprint density at radius 1 is 1.50 bits per heavy atom. The molecule has 0 fully saturated rings. The van der Waals surface area contributed by atoms with E-state index in [4.69, 9.17) is 0 Å². The summed E-state index contributed by atoms with van der Waals surface area (Å²) in [7, 11) is -1.96. The van der Waals surface area contributed by atoms with Crippen LogP contribution in [0.5, 0.6) is 0 Å². The molecule has 14 heavy (non-hydrogen) atoms. The summed E-state index contributed by atoms with van der Waals surface area (Å²) in [5, 5.41) is 0.573. The van der Waals surface area contributed by atoms with Crippen LogP contribution in [0.25, 0.3) is 0 Å². The zero-order valence-electron chi connectivity index (χ0n) is 7.95. The largest absolute Gasteiger partial charge is 0.469 e. The lowest BCUT2D eigenvalue weighted by atomic mass is 10.3. The van der Waals surface area contributed by atoms with E-state index >= 15 is 0 Å². The van der Waals surface area contributed by atoms with Gasteiger partial charge in [-0.2, -0.15) is 0 Å². The van der Waals surface area contributed by atoms with Crippen molar-refractivity contribution in [3.8, 4) is 0 Å². The van der Waals surface area contributed by atoms with Gasteiger partial charge in [-0.15, -0.1) is 0 Å². The molecule has 1 N–H and O–H groups in total. The maximum absolute atomic E-state index is 11.2. The summed E-state index contributed by atoms with van der Waals surface area (Å²) in [6, 6.07) is 0. The number of carbonyl (C=O) groups is 1. The molecule has 0 radical (unpaired) electrons. The number of esters is 1. The zero-order chi connectivity index (χ0) is 11.0. The Morgan fingerprint density at radius 2 is 2.14 bits per heavy atom. The molecule has 5 nitrogen and oxygen atoms in total. The minimum absolute atomic E-state index is 0.0465. The molecule has 0 aromatic rings. The first-order valence-corrected chi connectivity index (χ1v) is 6.89. The van der Waals surface area contributed by atoms with Crippen LogP contribution in [-0.2, 0) is 19.6 Å². The molecule has 0 heterocycles. The first-order valence-electron chi connectivity index (χ1n) is 4.12. The second-order valence-electron chi connectivity index (χ2n) is 2.58. The fourth-order valence-electron chi connectivity index (χ4n) is 0.775. The van der Waals surface area contributed by atoms with Gasteiger partial charge >= 0.3 is 5.97 Å². The van der Waals surface area contributed by atoms with Gasteiger partial charge in [-0.05, 0) is 6.42 Å². The van der Waals surface area contributed by atoms with Crippen molar-refractivity contribution in [2.75, 3.05) is 24.7 Å². The van der Waals surface area contributed by atoms with Crippen molar-refractivity contribution in [3.05, 3.63) is 0 Å². The number of hydrogen-bond acceptors (Lipinski definition) is 4. The molecule has 0 spiro atoms. The predicted molar refractivity (Wildman–Crippen MR) is 56.8 cm³/mol. The Kier molecular flexibility index (Phi) is 7.12. The maximum atomic E-state index is 11.2. The molecule has 0 aromatic carbocycles. The maximum Gasteiger partial charge on any atom is 0.305 e. The molecule has 0 aromatic heterocycles. The van der Waals surface area contributed by atoms with Crippen LogP contribution in [0.3, 0.4) is 0 Å². The number of methoxy groups -OCH3 is 1. The van der Waals surface area contributed by atoms with E-state index in [1.54, 1.807) is 0 Å². The quantitative estimate of drug-likeness (QED) is 0.538. The molecule has 0 aliphatic heterocycles. The Morgan fingerprint density at radius 3 is 2.64 bits per heavy atom. The van der Waals surface area contributed by atoms with Gasteiger partial charge in [0.2, 0.25) is 10.0 Å². The first kappa shape index (κ1) is 13.9. The molecule has 0 aliphatic rings. The molecule has 0 unspecified atom stereocenters. The van der Waals surface area contributed by atoms with Crippen LogP contribution in [0.1, 0.15) is 12.8 Å². The van der Waals surface area contributed by atoms with Gasteiger partial charge in [-0.25, -0.2) is 13.1 Å². The van der Waals surface area contributed by atoms with Gasteiger partial charge in [0, 0.05) is 18.3 Å². The molecule has 0 amide bonds. The van der Waals surface area contributed by atoms with Crippen molar-refractivity contribution >= 4 is 31.9 Å². The van der Waals surface area contributed by atoms with Crippen LogP contribution in [0.4, 0.5) is 0 Å². The Labute approximate surface area is 92.4 Å². The molecule has 0 atom stereocenters. The van der Waals surface area contributed by atoms with E-state index in [1.165, 1.54) is 7.11 Å². The first-order chi connectivity index (χ1) is 6.52. The van der Waals surface area contributed by atoms with Gasteiger partial charge in [0.05, 0.1) is 12.9 Å². The number of halogens is 1. The van der Waals surface area contributed by atoms with Crippen molar-refractivity contribution in [2.24, 2.45) is 0 Å². The summed E-state index contributed by atoms with van der Waals surface area (Å²) in [5.41, 5.74) is 0. The fraction of sp³-hybridized carbons (Fsp3) is 0.857. The summed E-state index contributed by atoms with van der Waals surface area (Å²) in [5.74, 6) is -0.435. The Bertz CT molecular complexity index is 265.